The Hall–Kier alpha value is -2.79. The number of rotatable bonds is 10. The van der Waals surface area contributed by atoms with Gasteiger partial charge < -0.3 is 25.0 Å². The lowest BCUT2D eigenvalue weighted by atomic mass is 10.2. The molecular formula is C22H23Cl2N5O4S. The molecule has 180 valence electrons. The number of hydrogen-bond donors (Lipinski definition) is 3. The molecule has 1 heterocycles. The highest BCUT2D eigenvalue weighted by atomic mass is 35.5. The van der Waals surface area contributed by atoms with Crippen LogP contribution in [0.1, 0.15) is 29.1 Å². The number of anilines is 1. The van der Waals surface area contributed by atoms with Crippen LogP contribution in [-0.4, -0.2) is 51.2 Å². The summed E-state index contributed by atoms with van der Waals surface area (Å²) < 4.78 is 6.84. The summed E-state index contributed by atoms with van der Waals surface area (Å²) >= 11 is 13.2. The highest BCUT2D eigenvalue weighted by molar-refractivity contribution is 7.99. The number of ether oxygens (including phenoxy) is 1. The summed E-state index contributed by atoms with van der Waals surface area (Å²) in [5.74, 6) is 0.410. The molecule has 0 aliphatic heterocycles. The van der Waals surface area contributed by atoms with Gasteiger partial charge in [0.05, 0.1) is 30.2 Å². The number of methoxy groups -OCH3 is 1. The predicted molar refractivity (Wildman–Crippen MR) is 132 cm³/mol. The summed E-state index contributed by atoms with van der Waals surface area (Å²) in [6, 6.07) is 10.6. The van der Waals surface area contributed by atoms with Crippen LogP contribution in [0.25, 0.3) is 0 Å². The van der Waals surface area contributed by atoms with Gasteiger partial charge in [0.15, 0.2) is 11.0 Å². The van der Waals surface area contributed by atoms with Gasteiger partial charge in [-0.15, -0.1) is 10.2 Å². The van der Waals surface area contributed by atoms with Crippen LogP contribution >= 0.6 is 35.0 Å². The minimum Gasteiger partial charge on any atom is -0.497 e. The maximum atomic E-state index is 12.6. The van der Waals surface area contributed by atoms with Crippen LogP contribution in [0.5, 0.6) is 5.75 Å². The van der Waals surface area contributed by atoms with Crippen LogP contribution in [0, 0.1) is 0 Å². The zero-order valence-electron chi connectivity index (χ0n) is 18.4. The predicted octanol–water partition coefficient (Wildman–Crippen LogP) is 3.81. The van der Waals surface area contributed by atoms with Gasteiger partial charge in [0.2, 0.25) is 5.91 Å². The van der Waals surface area contributed by atoms with Gasteiger partial charge in [-0.25, -0.2) is 0 Å². The molecule has 0 aliphatic rings. The van der Waals surface area contributed by atoms with Gasteiger partial charge in [-0.2, -0.15) is 0 Å². The summed E-state index contributed by atoms with van der Waals surface area (Å²) in [7, 11) is 1.54. The van der Waals surface area contributed by atoms with Gasteiger partial charge in [0.25, 0.3) is 5.91 Å². The minimum absolute atomic E-state index is 0.0547. The van der Waals surface area contributed by atoms with Crippen molar-refractivity contribution in [2.24, 2.45) is 0 Å². The van der Waals surface area contributed by atoms with Gasteiger partial charge in [-0.3, -0.25) is 9.59 Å². The van der Waals surface area contributed by atoms with Crippen LogP contribution in [0.4, 0.5) is 5.69 Å². The van der Waals surface area contributed by atoms with Gasteiger partial charge in [0.1, 0.15) is 11.8 Å². The molecule has 0 aliphatic carbocycles. The third kappa shape index (κ3) is 6.41. The first-order valence-corrected chi connectivity index (χ1v) is 12.0. The number of carbonyl (C=O) groups is 2. The van der Waals surface area contributed by atoms with Crippen molar-refractivity contribution in [3.05, 3.63) is 63.9 Å². The number of carbonyl (C=O) groups excluding carboxylic acids is 2. The first-order valence-electron chi connectivity index (χ1n) is 10.2. The maximum Gasteiger partial charge on any atom is 0.251 e. The number of thioether (sulfide) groups is 1. The molecule has 2 aromatic carbocycles. The van der Waals surface area contributed by atoms with Crippen molar-refractivity contribution < 1.29 is 19.4 Å². The third-order valence-corrected chi connectivity index (χ3v) is 6.27. The molecule has 1 aromatic heterocycles. The van der Waals surface area contributed by atoms with Crippen molar-refractivity contribution in [1.29, 1.82) is 0 Å². The SMILES string of the molecule is CCn1c(SCC(=O)Nc2ccc(Cl)cc2Cl)nnc1[C@@H](CO)NC(=O)c1ccc(OC)cc1. The summed E-state index contributed by atoms with van der Waals surface area (Å²) in [5.41, 5.74) is 0.866. The Morgan fingerprint density at radius 1 is 1.18 bits per heavy atom. The van der Waals surface area contributed by atoms with Gasteiger partial charge in [0, 0.05) is 17.1 Å². The molecule has 0 saturated heterocycles. The van der Waals surface area contributed by atoms with E-state index in [1.165, 1.54) is 11.8 Å². The first-order chi connectivity index (χ1) is 16.4. The summed E-state index contributed by atoms with van der Waals surface area (Å²) in [5, 5.41) is 25.0. The van der Waals surface area contributed by atoms with E-state index in [0.29, 0.717) is 44.6 Å². The topological polar surface area (TPSA) is 118 Å². The Morgan fingerprint density at radius 2 is 1.91 bits per heavy atom. The summed E-state index contributed by atoms with van der Waals surface area (Å²) in [6.07, 6.45) is 0. The molecule has 12 heteroatoms. The van der Waals surface area contributed by atoms with E-state index in [1.54, 1.807) is 54.1 Å². The quantitative estimate of drug-likeness (QED) is 0.345. The number of hydrogen-bond acceptors (Lipinski definition) is 7. The molecule has 1 atom stereocenters. The lowest BCUT2D eigenvalue weighted by molar-refractivity contribution is -0.113. The fraction of sp³-hybridized carbons (Fsp3) is 0.273. The summed E-state index contributed by atoms with van der Waals surface area (Å²) in [4.78, 5) is 25.0. The standard InChI is InChI=1S/C22H23Cl2N5O4S/c1-3-29-20(18(11-30)26-21(32)13-4-7-15(33-2)8-5-13)27-28-22(29)34-12-19(31)25-17-9-6-14(23)10-16(17)24/h4-10,18,30H,3,11-12H2,1-2H3,(H,25,31)(H,26,32)/t18-/m1/s1. The Labute approximate surface area is 210 Å². The first kappa shape index (κ1) is 25.8. The van der Waals surface area contributed by atoms with Crippen LogP contribution in [0.3, 0.4) is 0 Å². The Morgan fingerprint density at radius 3 is 2.53 bits per heavy atom. The third-order valence-electron chi connectivity index (χ3n) is 4.75. The number of halogens is 2. The van der Waals surface area contributed by atoms with E-state index >= 15 is 0 Å². The molecule has 0 saturated carbocycles. The number of nitrogens with zero attached hydrogens (tertiary/aromatic N) is 3. The Kier molecular flexibility index (Phi) is 9.17. The lowest BCUT2D eigenvalue weighted by Gasteiger charge is -2.17. The van der Waals surface area contributed by atoms with Crippen molar-refractivity contribution in [2.45, 2.75) is 24.7 Å². The summed E-state index contributed by atoms with van der Waals surface area (Å²) in [6.45, 7) is 1.98. The number of nitrogens with one attached hydrogen (secondary N) is 2. The second-order valence-corrected chi connectivity index (χ2v) is 8.77. The van der Waals surface area contributed by atoms with E-state index in [4.69, 9.17) is 27.9 Å². The van der Waals surface area contributed by atoms with E-state index in [9.17, 15) is 14.7 Å². The molecule has 0 unspecified atom stereocenters. The Balaban J connectivity index is 1.66. The van der Waals surface area contributed by atoms with E-state index in [-0.39, 0.29) is 24.2 Å². The maximum absolute atomic E-state index is 12.6. The zero-order chi connectivity index (χ0) is 24.7. The average molecular weight is 524 g/mol. The monoisotopic (exact) mass is 523 g/mol. The van der Waals surface area contributed by atoms with E-state index in [2.05, 4.69) is 20.8 Å². The minimum atomic E-state index is -0.780. The largest absolute Gasteiger partial charge is 0.497 e. The molecular weight excluding hydrogens is 501 g/mol. The number of amides is 2. The lowest BCUT2D eigenvalue weighted by Crippen LogP contribution is -2.32. The highest BCUT2D eigenvalue weighted by Gasteiger charge is 2.23. The van der Waals surface area contributed by atoms with Crippen molar-refractivity contribution in [1.82, 2.24) is 20.1 Å². The number of aromatic nitrogens is 3. The molecule has 0 bridgehead atoms. The second-order valence-electron chi connectivity index (χ2n) is 6.98. The van der Waals surface area contributed by atoms with Crippen LogP contribution in [0.2, 0.25) is 10.0 Å². The molecule has 2 amide bonds. The normalized spacial score (nSPS) is 11.7. The van der Waals surface area contributed by atoms with Crippen LogP contribution in [0.15, 0.2) is 47.6 Å². The van der Waals surface area contributed by atoms with E-state index < -0.39 is 6.04 Å². The van der Waals surface area contributed by atoms with Gasteiger partial charge in [-0.05, 0) is 49.4 Å². The van der Waals surface area contributed by atoms with Crippen molar-refractivity contribution in [3.8, 4) is 5.75 Å². The van der Waals surface area contributed by atoms with Gasteiger partial charge in [-0.1, -0.05) is 35.0 Å². The smallest absolute Gasteiger partial charge is 0.251 e. The number of aliphatic hydroxyl groups is 1. The zero-order valence-corrected chi connectivity index (χ0v) is 20.7. The average Bonchev–Trinajstić information content (AvgIpc) is 3.25. The number of benzene rings is 2. The van der Waals surface area contributed by atoms with Crippen molar-refractivity contribution in [2.75, 3.05) is 24.8 Å². The molecule has 0 radical (unpaired) electrons. The van der Waals surface area contributed by atoms with Crippen molar-refractivity contribution in [3.63, 3.8) is 0 Å². The molecule has 3 N–H and O–H groups in total. The highest BCUT2D eigenvalue weighted by Crippen LogP contribution is 2.26. The second kappa shape index (κ2) is 12.1. The molecule has 0 fully saturated rings. The molecule has 3 aromatic rings. The van der Waals surface area contributed by atoms with E-state index in [1.807, 2.05) is 6.92 Å². The van der Waals surface area contributed by atoms with Crippen LogP contribution < -0.4 is 15.4 Å². The van der Waals surface area contributed by atoms with Gasteiger partial charge >= 0.3 is 0 Å². The Bertz CT molecular complexity index is 1160. The molecule has 0 spiro atoms. The number of aliphatic hydroxyl groups excluding tert-OH is 1. The fourth-order valence-electron chi connectivity index (χ4n) is 3.04. The molecule has 3 rings (SSSR count). The van der Waals surface area contributed by atoms with Crippen LogP contribution in [-0.2, 0) is 11.3 Å². The van der Waals surface area contributed by atoms with E-state index in [0.717, 1.165) is 0 Å². The molecule has 34 heavy (non-hydrogen) atoms. The van der Waals surface area contributed by atoms with Crippen molar-refractivity contribution >= 4 is 52.5 Å². The fourth-order valence-corrected chi connectivity index (χ4v) is 4.31. The molecule has 9 nitrogen and oxygen atoms in total.